The van der Waals surface area contributed by atoms with Crippen LogP contribution in [-0.4, -0.2) is 8.07 Å². The molecule has 0 saturated carbocycles. The molecule has 0 bridgehead atoms. The van der Waals surface area contributed by atoms with Crippen molar-refractivity contribution in [2.45, 2.75) is 73.0 Å². The van der Waals surface area contributed by atoms with Gasteiger partial charge in [-0.3, -0.25) is 0 Å². The summed E-state index contributed by atoms with van der Waals surface area (Å²) in [5.41, 5.74) is 3.21. The molecule has 0 aromatic heterocycles. The van der Waals surface area contributed by atoms with Crippen molar-refractivity contribution in [3.05, 3.63) is 20.8 Å². The van der Waals surface area contributed by atoms with E-state index in [-0.39, 0.29) is 0 Å². The van der Waals surface area contributed by atoms with E-state index in [4.69, 9.17) is 0 Å². The van der Waals surface area contributed by atoms with Gasteiger partial charge in [0, 0.05) is 0 Å². The Morgan fingerprint density at radius 3 is 1.47 bits per heavy atom. The first kappa shape index (κ1) is 17.2. The van der Waals surface area contributed by atoms with Crippen LogP contribution in [0.15, 0.2) is 20.8 Å². The van der Waals surface area contributed by atoms with Crippen molar-refractivity contribution in [3.8, 4) is 0 Å². The van der Waals surface area contributed by atoms with Gasteiger partial charge >= 0.3 is 0 Å². The third-order valence-electron chi connectivity index (χ3n) is 3.33. The second-order valence-corrected chi connectivity index (χ2v) is 11.6. The zero-order chi connectivity index (χ0) is 13.6. The highest BCUT2D eigenvalue weighted by atomic mass is 79.9. The van der Waals surface area contributed by atoms with Crippen molar-refractivity contribution in [3.63, 3.8) is 0 Å². The molecule has 0 heterocycles. The minimum atomic E-state index is -1.18. The van der Waals surface area contributed by atoms with E-state index in [0.717, 1.165) is 12.8 Å². The van der Waals surface area contributed by atoms with Gasteiger partial charge in [0.2, 0.25) is 0 Å². The highest BCUT2D eigenvalue weighted by Gasteiger charge is 2.22. The molecule has 0 N–H and O–H groups in total. The molecule has 0 spiro atoms. The first-order chi connectivity index (χ1) is 7.83. The van der Waals surface area contributed by atoms with Crippen molar-refractivity contribution >= 4 is 24.0 Å². The first-order valence-electron chi connectivity index (χ1n) is 6.93. The number of halogens is 1. The molecule has 0 aromatic rings. The number of allylic oxidation sites excluding steroid dienone is 4. The fourth-order valence-electron chi connectivity index (χ4n) is 2.59. The van der Waals surface area contributed by atoms with Gasteiger partial charge in [0.15, 0.2) is 0 Å². The smallest absolute Gasteiger partial charge is 0.0727 e. The van der Waals surface area contributed by atoms with Crippen molar-refractivity contribution in [1.82, 2.24) is 0 Å². The van der Waals surface area contributed by atoms with Gasteiger partial charge in [0.05, 0.1) is 8.07 Å². The molecular formula is C15H29BrSi. The van der Waals surface area contributed by atoms with Gasteiger partial charge in [-0.15, -0.1) is 0 Å². The van der Waals surface area contributed by atoms with Gasteiger partial charge in [-0.05, 0) is 41.3 Å². The normalized spacial score (nSPS) is 15.5. The molecule has 0 aliphatic rings. The lowest BCUT2D eigenvalue weighted by atomic mass is 9.99. The predicted molar refractivity (Wildman–Crippen MR) is 87.5 cm³/mol. The van der Waals surface area contributed by atoms with Crippen LogP contribution in [0.2, 0.25) is 19.6 Å². The second-order valence-electron chi connectivity index (χ2n) is 5.50. The third-order valence-corrected chi connectivity index (χ3v) is 6.84. The molecule has 0 aliphatic carbocycles. The quantitative estimate of drug-likeness (QED) is 0.390. The largest absolute Gasteiger partial charge is 0.0779 e. The SMILES string of the molecule is CC/C(Br)=C(CC)/C(CC)=C(/CC)[Si](C)(C)C. The molecule has 0 aliphatic heterocycles. The minimum Gasteiger partial charge on any atom is -0.0779 e. The van der Waals surface area contributed by atoms with Gasteiger partial charge in [0.1, 0.15) is 0 Å². The highest BCUT2D eigenvalue weighted by Crippen LogP contribution is 2.33. The third kappa shape index (κ3) is 4.74. The second kappa shape index (κ2) is 7.58. The Kier molecular flexibility index (Phi) is 7.66. The topological polar surface area (TPSA) is 0 Å². The summed E-state index contributed by atoms with van der Waals surface area (Å²) >= 11 is 3.77. The summed E-state index contributed by atoms with van der Waals surface area (Å²) in [6.45, 7) is 16.5. The van der Waals surface area contributed by atoms with Gasteiger partial charge < -0.3 is 0 Å². The number of rotatable bonds is 6. The predicted octanol–water partition coefficient (Wildman–Crippen LogP) is 6.45. The highest BCUT2D eigenvalue weighted by molar-refractivity contribution is 9.11. The van der Waals surface area contributed by atoms with Crippen LogP contribution < -0.4 is 0 Å². The zero-order valence-electron chi connectivity index (χ0n) is 12.7. The van der Waals surface area contributed by atoms with Crippen LogP contribution in [0.3, 0.4) is 0 Å². The molecule has 0 atom stereocenters. The molecule has 0 amide bonds. The first-order valence-corrected chi connectivity index (χ1v) is 11.2. The van der Waals surface area contributed by atoms with E-state index in [1.807, 2.05) is 0 Å². The van der Waals surface area contributed by atoms with Crippen molar-refractivity contribution in [1.29, 1.82) is 0 Å². The van der Waals surface area contributed by atoms with Gasteiger partial charge in [-0.25, -0.2) is 0 Å². The standard InChI is InChI=1S/C15H29BrSi/c1-8-12(14(16)10-3)13(9-2)15(11-4)17(5,6)7/h8-11H2,1-7H3/b14-12-,15-13-. The molecular weight excluding hydrogens is 288 g/mol. The Morgan fingerprint density at radius 2 is 1.24 bits per heavy atom. The molecule has 0 unspecified atom stereocenters. The fourth-order valence-corrected chi connectivity index (χ4v) is 5.40. The lowest BCUT2D eigenvalue weighted by Gasteiger charge is -2.26. The Hall–Kier alpha value is 0.177. The summed E-state index contributed by atoms with van der Waals surface area (Å²) < 4.78 is 1.40. The Morgan fingerprint density at radius 1 is 0.765 bits per heavy atom. The molecule has 0 fully saturated rings. The monoisotopic (exact) mass is 316 g/mol. The summed E-state index contributed by atoms with van der Waals surface area (Å²) in [7, 11) is -1.18. The lowest BCUT2D eigenvalue weighted by molar-refractivity contribution is 0.966. The van der Waals surface area contributed by atoms with E-state index in [1.54, 1.807) is 16.3 Å². The van der Waals surface area contributed by atoms with Crippen LogP contribution >= 0.6 is 15.9 Å². The van der Waals surface area contributed by atoms with Crippen molar-refractivity contribution in [2.75, 3.05) is 0 Å². The Balaban J connectivity index is 5.80. The molecule has 17 heavy (non-hydrogen) atoms. The van der Waals surface area contributed by atoms with Crippen molar-refractivity contribution in [2.24, 2.45) is 0 Å². The van der Waals surface area contributed by atoms with E-state index in [2.05, 4.69) is 63.3 Å². The van der Waals surface area contributed by atoms with Crippen molar-refractivity contribution < 1.29 is 0 Å². The Labute approximate surface area is 118 Å². The van der Waals surface area contributed by atoms with E-state index in [9.17, 15) is 0 Å². The van der Waals surface area contributed by atoms with Crippen LogP contribution in [0.4, 0.5) is 0 Å². The molecule has 0 radical (unpaired) electrons. The molecule has 0 saturated heterocycles. The van der Waals surface area contributed by atoms with E-state index in [1.165, 1.54) is 17.3 Å². The fraction of sp³-hybridized carbons (Fsp3) is 0.733. The van der Waals surface area contributed by atoms with Crippen LogP contribution in [0.1, 0.15) is 53.4 Å². The van der Waals surface area contributed by atoms with E-state index in [0.29, 0.717) is 0 Å². The van der Waals surface area contributed by atoms with Crippen LogP contribution in [0, 0.1) is 0 Å². The van der Waals surface area contributed by atoms with E-state index < -0.39 is 8.07 Å². The minimum absolute atomic E-state index is 1.11. The van der Waals surface area contributed by atoms with Crippen LogP contribution in [-0.2, 0) is 0 Å². The maximum absolute atomic E-state index is 3.77. The maximum Gasteiger partial charge on any atom is 0.0727 e. The Bertz CT molecular complexity index is 305. The maximum atomic E-state index is 3.77. The average molecular weight is 317 g/mol. The van der Waals surface area contributed by atoms with Gasteiger partial charge in [0.25, 0.3) is 0 Å². The molecule has 0 aromatic carbocycles. The van der Waals surface area contributed by atoms with Crippen LogP contribution in [0.25, 0.3) is 0 Å². The molecule has 100 valence electrons. The lowest BCUT2D eigenvalue weighted by Crippen LogP contribution is -2.25. The summed E-state index contributed by atoms with van der Waals surface area (Å²) in [6, 6.07) is 0. The molecule has 0 nitrogen and oxygen atoms in total. The number of hydrogen-bond acceptors (Lipinski definition) is 0. The van der Waals surface area contributed by atoms with Crippen LogP contribution in [0.5, 0.6) is 0 Å². The van der Waals surface area contributed by atoms with Gasteiger partial charge in [-0.2, -0.15) is 0 Å². The summed E-state index contributed by atoms with van der Waals surface area (Å²) in [5.74, 6) is 0. The molecule has 0 rings (SSSR count). The summed E-state index contributed by atoms with van der Waals surface area (Å²) in [5, 5.41) is 1.75. The zero-order valence-corrected chi connectivity index (χ0v) is 15.3. The summed E-state index contributed by atoms with van der Waals surface area (Å²) in [6.07, 6.45) is 4.64. The van der Waals surface area contributed by atoms with Gasteiger partial charge in [-0.1, -0.05) is 68.5 Å². The average Bonchev–Trinajstić information content (AvgIpc) is 2.26. The molecule has 2 heteroatoms. The van der Waals surface area contributed by atoms with E-state index >= 15 is 0 Å². The summed E-state index contributed by atoms with van der Waals surface area (Å²) in [4.78, 5) is 0. The number of hydrogen-bond donors (Lipinski definition) is 0.